The molecule has 130 valence electrons. The molecular weight excluding hydrogens is 360 g/mol. The molecule has 0 aromatic heterocycles. The van der Waals surface area contributed by atoms with Gasteiger partial charge in [0.2, 0.25) is 0 Å². The first kappa shape index (κ1) is 18.0. The van der Waals surface area contributed by atoms with Gasteiger partial charge in [0.25, 0.3) is 5.91 Å². The van der Waals surface area contributed by atoms with Crippen molar-refractivity contribution in [1.82, 2.24) is 0 Å². The summed E-state index contributed by atoms with van der Waals surface area (Å²) in [6.07, 6.45) is 7.85. The van der Waals surface area contributed by atoms with Crippen molar-refractivity contribution in [2.24, 2.45) is 9.36 Å². The molecule has 1 fully saturated rings. The molecule has 4 nitrogen and oxygen atoms in total. The highest BCUT2D eigenvalue weighted by Crippen LogP contribution is 2.46. The Bertz CT molecular complexity index is 746. The maximum absolute atomic E-state index is 12.6. The van der Waals surface area contributed by atoms with Gasteiger partial charge in [-0.25, -0.2) is 4.21 Å². The van der Waals surface area contributed by atoms with E-state index in [1.165, 1.54) is 50.1 Å². The molecule has 1 heterocycles. The second-order valence-electron chi connectivity index (χ2n) is 6.32. The summed E-state index contributed by atoms with van der Waals surface area (Å²) in [7, 11) is -2.67. The fourth-order valence-electron chi connectivity index (χ4n) is 3.06. The molecule has 2 aliphatic rings. The van der Waals surface area contributed by atoms with Crippen LogP contribution in [0.5, 0.6) is 0 Å². The normalized spacial score (nSPS) is 22.0. The van der Waals surface area contributed by atoms with Crippen LogP contribution in [0.4, 0.5) is 0 Å². The van der Waals surface area contributed by atoms with Crippen LogP contribution in [0.15, 0.2) is 44.6 Å². The quantitative estimate of drug-likeness (QED) is 0.786. The van der Waals surface area contributed by atoms with Crippen LogP contribution in [0.1, 0.15) is 32.1 Å². The van der Waals surface area contributed by atoms with Crippen LogP contribution in [0, 0.1) is 0 Å². The highest BCUT2D eigenvalue weighted by atomic mass is 32.2. The molecule has 24 heavy (non-hydrogen) atoms. The summed E-state index contributed by atoms with van der Waals surface area (Å²) in [6, 6.07) is 8.96. The topological polar surface area (TPSA) is 58.9 Å². The van der Waals surface area contributed by atoms with Crippen molar-refractivity contribution in [2.45, 2.75) is 41.7 Å². The molecule has 0 saturated heterocycles. The van der Waals surface area contributed by atoms with Gasteiger partial charge in [-0.15, -0.1) is 0 Å². The summed E-state index contributed by atoms with van der Waals surface area (Å²) < 4.78 is 17.8. The van der Waals surface area contributed by atoms with Crippen molar-refractivity contribution in [1.29, 1.82) is 0 Å². The third-order valence-electron chi connectivity index (χ3n) is 4.34. The summed E-state index contributed by atoms with van der Waals surface area (Å²) in [6.45, 7) is 0.875. The highest BCUT2D eigenvalue weighted by molar-refractivity contribution is 8.39. The van der Waals surface area contributed by atoms with E-state index in [2.05, 4.69) is 9.36 Å². The van der Waals surface area contributed by atoms with Gasteiger partial charge in [0.1, 0.15) is 4.38 Å². The molecule has 0 bridgehead atoms. The lowest BCUT2D eigenvalue weighted by Gasteiger charge is -2.31. The molecule has 1 unspecified atom stereocenters. The molecule has 1 aromatic carbocycles. The lowest BCUT2D eigenvalue weighted by molar-refractivity contribution is -0.115. The number of hydrogen-bond acceptors (Lipinski definition) is 5. The monoisotopic (exact) mass is 382 g/mol. The standard InChI is InChI=1S/C17H22N2O2S3/c1-24(21,14-8-4-2-5-9-14)19-15(20)12-22-16-18-13-17(23-16)10-6-3-7-11-17/h2,4-5,8-9H,3,6-7,10-13H2,1H3. The van der Waals surface area contributed by atoms with Gasteiger partial charge in [-0.05, 0) is 25.0 Å². The zero-order valence-corrected chi connectivity index (χ0v) is 16.2. The summed E-state index contributed by atoms with van der Waals surface area (Å²) in [5.41, 5.74) is 0. The first-order valence-electron chi connectivity index (χ1n) is 8.16. The molecule has 0 N–H and O–H groups in total. The minimum atomic E-state index is -2.67. The number of nitrogens with zero attached hydrogens (tertiary/aromatic N) is 2. The average molecular weight is 383 g/mol. The van der Waals surface area contributed by atoms with E-state index in [9.17, 15) is 9.00 Å². The van der Waals surface area contributed by atoms with Gasteiger partial charge in [-0.2, -0.15) is 4.36 Å². The largest absolute Gasteiger partial charge is 0.271 e. The second kappa shape index (κ2) is 7.62. The van der Waals surface area contributed by atoms with E-state index in [1.807, 2.05) is 17.8 Å². The van der Waals surface area contributed by atoms with E-state index in [0.717, 1.165) is 10.9 Å². The molecule has 1 atom stereocenters. The Morgan fingerprint density at radius 3 is 2.71 bits per heavy atom. The molecule has 3 rings (SSSR count). The Kier molecular flexibility index (Phi) is 5.72. The van der Waals surface area contributed by atoms with Crippen LogP contribution < -0.4 is 0 Å². The molecule has 1 aliphatic heterocycles. The van der Waals surface area contributed by atoms with Crippen molar-refractivity contribution in [2.75, 3.05) is 18.6 Å². The molecular formula is C17H22N2O2S3. The van der Waals surface area contributed by atoms with Crippen molar-refractivity contribution in [3.05, 3.63) is 30.3 Å². The Balaban J connectivity index is 1.57. The minimum Gasteiger partial charge on any atom is -0.271 e. The third kappa shape index (κ3) is 4.43. The van der Waals surface area contributed by atoms with E-state index in [-0.39, 0.29) is 16.4 Å². The number of amides is 1. The van der Waals surface area contributed by atoms with Gasteiger partial charge < -0.3 is 0 Å². The van der Waals surface area contributed by atoms with Crippen molar-refractivity contribution in [3.8, 4) is 0 Å². The van der Waals surface area contributed by atoms with Crippen molar-refractivity contribution in [3.63, 3.8) is 0 Å². The fraction of sp³-hybridized carbons (Fsp3) is 0.529. The van der Waals surface area contributed by atoms with Crippen molar-refractivity contribution >= 4 is 43.5 Å². The third-order valence-corrected chi connectivity index (χ3v) is 8.68. The molecule has 1 spiro atoms. The lowest BCUT2D eigenvalue weighted by Crippen LogP contribution is -2.28. The van der Waals surface area contributed by atoms with Crippen LogP contribution in [-0.2, 0) is 14.5 Å². The Morgan fingerprint density at radius 1 is 1.29 bits per heavy atom. The van der Waals surface area contributed by atoms with Gasteiger partial charge in [0.05, 0.1) is 22.0 Å². The lowest BCUT2D eigenvalue weighted by atomic mass is 9.88. The molecule has 0 radical (unpaired) electrons. The molecule has 1 saturated carbocycles. The Morgan fingerprint density at radius 2 is 2.00 bits per heavy atom. The van der Waals surface area contributed by atoms with E-state index in [1.54, 1.807) is 24.3 Å². The predicted molar refractivity (Wildman–Crippen MR) is 104 cm³/mol. The smallest absolute Gasteiger partial charge is 0.264 e. The summed E-state index contributed by atoms with van der Waals surface area (Å²) in [4.78, 5) is 17.3. The minimum absolute atomic E-state index is 0.208. The SMILES string of the molecule is CS(=O)(=NC(=O)CSC1=NCC2(CCCCC2)S1)c1ccccc1. The molecule has 1 amide bonds. The molecule has 7 heteroatoms. The van der Waals surface area contributed by atoms with Gasteiger partial charge in [-0.1, -0.05) is 61.0 Å². The number of rotatable bonds is 3. The van der Waals surface area contributed by atoms with Crippen LogP contribution in [0.3, 0.4) is 0 Å². The zero-order valence-electron chi connectivity index (χ0n) is 13.8. The second-order valence-corrected chi connectivity index (χ2v) is 11.3. The number of aliphatic imine (C=N–C) groups is 1. The maximum Gasteiger partial charge on any atom is 0.264 e. The van der Waals surface area contributed by atoms with Gasteiger partial charge in [-0.3, -0.25) is 9.79 Å². The number of benzene rings is 1. The summed E-state index contributed by atoms with van der Waals surface area (Å²) >= 11 is 3.28. The van der Waals surface area contributed by atoms with E-state index < -0.39 is 9.73 Å². The fourth-order valence-corrected chi connectivity index (χ4v) is 6.89. The average Bonchev–Trinajstić information content (AvgIpc) is 2.97. The zero-order chi connectivity index (χ0) is 17.0. The van der Waals surface area contributed by atoms with E-state index in [4.69, 9.17) is 0 Å². The van der Waals surface area contributed by atoms with E-state index in [0.29, 0.717) is 4.90 Å². The number of carbonyl (C=O) groups is 1. The van der Waals surface area contributed by atoms with E-state index >= 15 is 0 Å². The number of hydrogen-bond donors (Lipinski definition) is 0. The Labute approximate surface area is 152 Å². The first-order chi connectivity index (χ1) is 11.5. The van der Waals surface area contributed by atoms with Gasteiger partial charge in [0, 0.05) is 15.9 Å². The maximum atomic E-state index is 12.6. The predicted octanol–water partition coefficient (Wildman–Crippen LogP) is 4.21. The highest BCUT2D eigenvalue weighted by Gasteiger charge is 2.38. The number of thioether (sulfide) groups is 2. The summed E-state index contributed by atoms with van der Waals surface area (Å²) in [5.74, 6) is -0.121. The molecule has 1 aliphatic carbocycles. The van der Waals surface area contributed by atoms with Crippen molar-refractivity contribution < 1.29 is 9.00 Å². The Hall–Kier alpha value is -0.790. The van der Waals surface area contributed by atoms with Crippen LogP contribution >= 0.6 is 23.5 Å². The molecule has 1 aromatic rings. The summed E-state index contributed by atoms with van der Waals surface area (Å²) in [5, 5.41) is 0. The van der Waals surface area contributed by atoms with Gasteiger partial charge in [0.15, 0.2) is 0 Å². The van der Waals surface area contributed by atoms with Crippen LogP contribution in [0.2, 0.25) is 0 Å². The number of carbonyl (C=O) groups excluding carboxylic acids is 1. The van der Waals surface area contributed by atoms with Crippen LogP contribution in [-0.4, -0.2) is 37.8 Å². The first-order valence-corrected chi connectivity index (χ1v) is 11.9. The van der Waals surface area contributed by atoms with Gasteiger partial charge >= 0.3 is 0 Å². The van der Waals surface area contributed by atoms with Crippen LogP contribution in [0.25, 0.3) is 0 Å².